The number of urea groups is 1. The Hall–Kier alpha value is -2.40. The molecule has 2 N–H and O–H groups in total. The highest BCUT2D eigenvalue weighted by molar-refractivity contribution is 5.90. The highest BCUT2D eigenvalue weighted by Crippen LogP contribution is 2.20. The van der Waals surface area contributed by atoms with Crippen LogP contribution >= 0.6 is 0 Å². The minimum atomic E-state index is -0.578. The number of anilines is 1. The summed E-state index contributed by atoms with van der Waals surface area (Å²) in [6.07, 6.45) is -0.0936. The number of aliphatic hydroxyl groups excluding tert-OH is 1. The first-order valence-electron chi connectivity index (χ1n) is 8.08. The zero-order valence-electron chi connectivity index (χ0n) is 14.7. The van der Waals surface area contributed by atoms with Gasteiger partial charge in [-0.2, -0.15) is 0 Å². The van der Waals surface area contributed by atoms with Crippen LogP contribution in [0.3, 0.4) is 0 Å². The molecule has 0 aliphatic carbocycles. The molecule has 0 saturated carbocycles. The van der Waals surface area contributed by atoms with Gasteiger partial charge in [0.05, 0.1) is 17.5 Å². The third-order valence-corrected chi connectivity index (χ3v) is 4.03. The van der Waals surface area contributed by atoms with E-state index in [2.05, 4.69) is 10.3 Å². The monoisotopic (exact) mass is 327 g/mol. The van der Waals surface area contributed by atoms with E-state index in [4.69, 9.17) is 0 Å². The van der Waals surface area contributed by atoms with Crippen LogP contribution in [0, 0.1) is 20.8 Å². The fourth-order valence-electron chi connectivity index (χ4n) is 2.67. The Kier molecular flexibility index (Phi) is 5.93. The number of pyridine rings is 1. The van der Waals surface area contributed by atoms with Gasteiger partial charge in [0.15, 0.2) is 0 Å². The summed E-state index contributed by atoms with van der Waals surface area (Å²) < 4.78 is 0. The van der Waals surface area contributed by atoms with Gasteiger partial charge < -0.3 is 15.3 Å². The Morgan fingerprint density at radius 3 is 2.54 bits per heavy atom. The standard InChI is InChI=1S/C19H25N3O2/c1-13-12-14(2)20-15(3)18(13)21-19(24)22(4)11-10-17(23)16-8-6-5-7-9-16/h5-9,12,17,23H,10-11H2,1-4H3,(H,21,24)/t17-/m1/s1. The van der Waals surface area contributed by atoms with Crippen LogP contribution in [-0.2, 0) is 0 Å². The van der Waals surface area contributed by atoms with E-state index in [1.807, 2.05) is 57.2 Å². The fourth-order valence-corrected chi connectivity index (χ4v) is 2.67. The second-order valence-electron chi connectivity index (χ2n) is 6.11. The summed E-state index contributed by atoms with van der Waals surface area (Å²) in [4.78, 5) is 18.3. The Bertz CT molecular complexity index is 678. The van der Waals surface area contributed by atoms with Gasteiger partial charge in [0.25, 0.3) is 0 Å². The van der Waals surface area contributed by atoms with Gasteiger partial charge in [0.1, 0.15) is 0 Å². The van der Waals surface area contributed by atoms with Crippen LogP contribution < -0.4 is 5.32 Å². The number of carbonyl (C=O) groups excluding carboxylic acids is 1. The van der Waals surface area contributed by atoms with Gasteiger partial charge in [0.2, 0.25) is 0 Å². The van der Waals surface area contributed by atoms with E-state index in [1.165, 1.54) is 0 Å². The summed E-state index contributed by atoms with van der Waals surface area (Å²) in [6.45, 7) is 6.23. The number of hydrogen-bond acceptors (Lipinski definition) is 3. The van der Waals surface area contributed by atoms with Gasteiger partial charge in [0, 0.05) is 19.3 Å². The minimum Gasteiger partial charge on any atom is -0.388 e. The third kappa shape index (κ3) is 4.55. The topological polar surface area (TPSA) is 65.5 Å². The number of aromatic nitrogens is 1. The van der Waals surface area contributed by atoms with E-state index >= 15 is 0 Å². The number of rotatable bonds is 5. The van der Waals surface area contributed by atoms with E-state index in [1.54, 1.807) is 11.9 Å². The predicted octanol–water partition coefficient (Wildman–Crippen LogP) is 3.59. The molecule has 0 fully saturated rings. The molecular formula is C19H25N3O2. The van der Waals surface area contributed by atoms with Crippen LogP contribution in [-0.4, -0.2) is 34.6 Å². The molecule has 0 spiro atoms. The van der Waals surface area contributed by atoms with Crippen molar-refractivity contribution in [2.45, 2.75) is 33.3 Å². The zero-order valence-corrected chi connectivity index (χ0v) is 14.7. The van der Waals surface area contributed by atoms with E-state index in [0.717, 1.165) is 28.2 Å². The Labute approximate surface area is 143 Å². The van der Waals surface area contributed by atoms with E-state index in [-0.39, 0.29) is 6.03 Å². The van der Waals surface area contributed by atoms with Gasteiger partial charge in [-0.05, 0) is 44.4 Å². The largest absolute Gasteiger partial charge is 0.388 e. The van der Waals surface area contributed by atoms with Crippen LogP contribution in [0.2, 0.25) is 0 Å². The summed E-state index contributed by atoms with van der Waals surface area (Å²) in [7, 11) is 1.72. The van der Waals surface area contributed by atoms with Crippen molar-refractivity contribution < 1.29 is 9.90 Å². The number of hydrogen-bond donors (Lipinski definition) is 2. The maximum atomic E-state index is 12.4. The van der Waals surface area contributed by atoms with Crippen molar-refractivity contribution in [3.8, 4) is 0 Å². The molecule has 0 bridgehead atoms. The highest BCUT2D eigenvalue weighted by Gasteiger charge is 2.15. The van der Waals surface area contributed by atoms with Gasteiger partial charge in [-0.1, -0.05) is 30.3 Å². The Balaban J connectivity index is 1.93. The van der Waals surface area contributed by atoms with Gasteiger partial charge >= 0.3 is 6.03 Å². The third-order valence-electron chi connectivity index (χ3n) is 4.03. The molecular weight excluding hydrogens is 302 g/mol. The molecule has 0 unspecified atom stereocenters. The number of nitrogens with one attached hydrogen (secondary N) is 1. The minimum absolute atomic E-state index is 0.202. The van der Waals surface area contributed by atoms with E-state index in [0.29, 0.717) is 13.0 Å². The van der Waals surface area contributed by atoms with Crippen molar-refractivity contribution in [3.05, 3.63) is 58.9 Å². The first kappa shape index (κ1) is 17.9. The number of aryl methyl sites for hydroxylation is 3. The average Bonchev–Trinajstić information content (AvgIpc) is 2.56. The van der Waals surface area contributed by atoms with Crippen molar-refractivity contribution >= 4 is 11.7 Å². The van der Waals surface area contributed by atoms with Crippen molar-refractivity contribution in [1.29, 1.82) is 0 Å². The lowest BCUT2D eigenvalue weighted by atomic mass is 10.1. The van der Waals surface area contributed by atoms with Gasteiger partial charge in [-0.25, -0.2) is 4.79 Å². The van der Waals surface area contributed by atoms with Gasteiger partial charge in [-0.3, -0.25) is 4.98 Å². The second-order valence-corrected chi connectivity index (χ2v) is 6.11. The summed E-state index contributed by atoms with van der Waals surface area (Å²) in [5.41, 5.74) is 4.34. The quantitative estimate of drug-likeness (QED) is 0.882. The second kappa shape index (κ2) is 7.93. The molecule has 0 saturated heterocycles. The van der Waals surface area contributed by atoms with Crippen molar-refractivity contribution in [3.63, 3.8) is 0 Å². The first-order chi connectivity index (χ1) is 11.4. The van der Waals surface area contributed by atoms with Crippen molar-refractivity contribution in [1.82, 2.24) is 9.88 Å². The molecule has 0 radical (unpaired) electrons. The van der Waals surface area contributed by atoms with Crippen molar-refractivity contribution in [2.75, 3.05) is 18.9 Å². The number of carbonyl (C=O) groups is 1. The van der Waals surface area contributed by atoms with Crippen LogP contribution in [0.25, 0.3) is 0 Å². The smallest absolute Gasteiger partial charge is 0.321 e. The SMILES string of the molecule is Cc1cc(C)c(NC(=O)N(C)CC[C@@H](O)c2ccccc2)c(C)n1. The summed E-state index contributed by atoms with van der Waals surface area (Å²) in [5.74, 6) is 0. The van der Waals surface area contributed by atoms with E-state index in [9.17, 15) is 9.90 Å². The predicted molar refractivity (Wildman–Crippen MR) is 96.1 cm³/mol. The lowest BCUT2D eigenvalue weighted by Gasteiger charge is -2.21. The molecule has 1 aromatic carbocycles. The molecule has 1 aromatic heterocycles. The maximum Gasteiger partial charge on any atom is 0.321 e. The van der Waals surface area contributed by atoms with Crippen LogP contribution in [0.15, 0.2) is 36.4 Å². The molecule has 5 heteroatoms. The number of nitrogens with zero attached hydrogens (tertiary/aromatic N) is 2. The van der Waals surface area contributed by atoms with Crippen LogP contribution in [0.1, 0.15) is 35.0 Å². The van der Waals surface area contributed by atoms with Gasteiger partial charge in [-0.15, -0.1) is 0 Å². The molecule has 1 atom stereocenters. The van der Waals surface area contributed by atoms with Crippen molar-refractivity contribution in [2.24, 2.45) is 0 Å². The number of aliphatic hydroxyl groups is 1. The molecule has 24 heavy (non-hydrogen) atoms. The highest BCUT2D eigenvalue weighted by atomic mass is 16.3. The fraction of sp³-hybridized carbons (Fsp3) is 0.368. The Morgan fingerprint density at radius 1 is 1.25 bits per heavy atom. The number of benzene rings is 1. The summed E-state index contributed by atoms with van der Waals surface area (Å²) >= 11 is 0. The van der Waals surface area contributed by atoms with Crippen LogP contribution in [0.4, 0.5) is 10.5 Å². The lowest BCUT2D eigenvalue weighted by molar-refractivity contribution is 0.152. The number of amides is 2. The average molecular weight is 327 g/mol. The van der Waals surface area contributed by atoms with E-state index < -0.39 is 6.10 Å². The zero-order chi connectivity index (χ0) is 17.7. The Morgan fingerprint density at radius 2 is 1.92 bits per heavy atom. The first-order valence-corrected chi connectivity index (χ1v) is 8.08. The molecule has 2 amide bonds. The molecule has 0 aliphatic heterocycles. The van der Waals surface area contributed by atoms with Crippen LogP contribution in [0.5, 0.6) is 0 Å². The summed E-state index contributed by atoms with van der Waals surface area (Å²) in [6, 6.07) is 11.2. The lowest BCUT2D eigenvalue weighted by Crippen LogP contribution is -2.33. The molecule has 0 aliphatic rings. The normalized spacial score (nSPS) is 11.9. The molecule has 2 aromatic rings. The molecule has 2 rings (SSSR count). The summed E-state index contributed by atoms with van der Waals surface area (Å²) in [5, 5.41) is 13.1. The molecule has 5 nitrogen and oxygen atoms in total. The maximum absolute atomic E-state index is 12.4. The molecule has 1 heterocycles. The molecule has 128 valence electrons.